The van der Waals surface area contributed by atoms with Crippen LogP contribution >= 0.6 is 0 Å². The van der Waals surface area contributed by atoms with E-state index in [1.54, 1.807) is 12.1 Å². The van der Waals surface area contributed by atoms with Gasteiger partial charge in [-0.15, -0.1) is 13.2 Å². The first-order chi connectivity index (χ1) is 10.9. The van der Waals surface area contributed by atoms with Crippen molar-refractivity contribution in [1.82, 2.24) is 5.32 Å². The second-order valence-corrected chi connectivity index (χ2v) is 6.16. The number of halogens is 3. The first-order valence-corrected chi connectivity index (χ1v) is 8.08. The third-order valence-corrected chi connectivity index (χ3v) is 4.12. The summed E-state index contributed by atoms with van der Waals surface area (Å²) in [7, 11) is 0. The average molecular weight is 331 g/mol. The van der Waals surface area contributed by atoms with Gasteiger partial charge in [0.05, 0.1) is 13.2 Å². The van der Waals surface area contributed by atoms with Gasteiger partial charge in [0.1, 0.15) is 5.75 Å². The van der Waals surface area contributed by atoms with Crippen molar-refractivity contribution in [3.63, 3.8) is 0 Å². The Balaban J connectivity index is 1.59. The zero-order chi connectivity index (χ0) is 16.7. The Bertz CT molecular complexity index is 454. The summed E-state index contributed by atoms with van der Waals surface area (Å²) >= 11 is 0. The molecule has 0 unspecified atom stereocenters. The summed E-state index contributed by atoms with van der Waals surface area (Å²) in [6.07, 6.45) is 0.361. The van der Waals surface area contributed by atoms with E-state index in [0.29, 0.717) is 19.3 Å². The van der Waals surface area contributed by atoms with Crippen LogP contribution in [0.25, 0.3) is 0 Å². The molecule has 0 spiro atoms. The van der Waals surface area contributed by atoms with E-state index < -0.39 is 6.36 Å². The molecule has 0 amide bonds. The van der Waals surface area contributed by atoms with E-state index in [-0.39, 0.29) is 5.75 Å². The smallest absolute Gasteiger partial charge is 0.406 e. The third-order valence-electron chi connectivity index (χ3n) is 4.12. The first-order valence-electron chi connectivity index (χ1n) is 8.08. The molecule has 1 aromatic rings. The van der Waals surface area contributed by atoms with Crippen LogP contribution in [0.4, 0.5) is 13.2 Å². The van der Waals surface area contributed by atoms with Crippen LogP contribution in [0.15, 0.2) is 24.3 Å². The molecule has 6 heteroatoms. The zero-order valence-electron chi connectivity index (χ0n) is 13.4. The number of benzene rings is 1. The highest BCUT2D eigenvalue weighted by Gasteiger charge is 2.30. The van der Waals surface area contributed by atoms with Crippen LogP contribution in [0.2, 0.25) is 0 Å². The van der Waals surface area contributed by atoms with Crippen LogP contribution in [0.1, 0.15) is 38.2 Å². The molecule has 0 heterocycles. The number of ether oxygens (including phenoxy) is 2. The normalized spacial score (nSPS) is 22.1. The monoisotopic (exact) mass is 331 g/mol. The number of hydrogen-bond donors (Lipinski definition) is 1. The van der Waals surface area contributed by atoms with Gasteiger partial charge in [0.25, 0.3) is 0 Å². The molecule has 23 heavy (non-hydrogen) atoms. The highest BCUT2D eigenvalue weighted by molar-refractivity contribution is 5.27. The fourth-order valence-electron chi connectivity index (χ4n) is 2.78. The summed E-state index contributed by atoms with van der Waals surface area (Å²) in [5.41, 5.74) is 0.825. The molecule has 0 saturated heterocycles. The second kappa shape index (κ2) is 8.55. The molecule has 0 radical (unpaired) electrons. The summed E-state index contributed by atoms with van der Waals surface area (Å²) in [6.45, 7) is 4.07. The van der Waals surface area contributed by atoms with E-state index in [1.165, 1.54) is 37.8 Å². The molecule has 0 aromatic heterocycles. The molecule has 1 saturated carbocycles. The van der Waals surface area contributed by atoms with Crippen LogP contribution < -0.4 is 10.1 Å². The molecule has 0 aliphatic heterocycles. The molecule has 1 aliphatic rings. The van der Waals surface area contributed by atoms with E-state index in [9.17, 15) is 13.2 Å². The molecule has 130 valence electrons. The number of nitrogens with one attached hydrogen (secondary N) is 1. The van der Waals surface area contributed by atoms with Gasteiger partial charge in [-0.25, -0.2) is 0 Å². The Labute approximate surface area is 135 Å². The number of hydrogen-bond acceptors (Lipinski definition) is 3. The lowest BCUT2D eigenvalue weighted by Crippen LogP contribution is -2.34. The van der Waals surface area contributed by atoms with E-state index in [0.717, 1.165) is 18.0 Å². The lowest BCUT2D eigenvalue weighted by atomic mass is 9.87. The lowest BCUT2D eigenvalue weighted by molar-refractivity contribution is -0.274. The van der Waals surface area contributed by atoms with Gasteiger partial charge in [-0.05, 0) is 49.3 Å². The van der Waals surface area contributed by atoms with Crippen molar-refractivity contribution in [3.8, 4) is 5.75 Å². The van der Waals surface area contributed by atoms with Crippen molar-refractivity contribution < 1.29 is 22.6 Å². The summed E-state index contributed by atoms with van der Waals surface area (Å²) < 4.78 is 45.5. The maximum absolute atomic E-state index is 12.1. The maximum atomic E-state index is 12.1. The Kier molecular flexibility index (Phi) is 6.72. The third kappa shape index (κ3) is 7.22. The van der Waals surface area contributed by atoms with Crippen molar-refractivity contribution in [2.75, 3.05) is 13.2 Å². The number of rotatable bonds is 7. The predicted octanol–water partition coefficient (Wildman–Crippen LogP) is 4.27. The molecule has 0 atom stereocenters. The van der Waals surface area contributed by atoms with E-state index in [4.69, 9.17) is 4.74 Å². The zero-order valence-corrected chi connectivity index (χ0v) is 13.4. The van der Waals surface area contributed by atoms with Crippen LogP contribution in [0, 0.1) is 5.92 Å². The van der Waals surface area contributed by atoms with E-state index in [1.807, 2.05) is 0 Å². The van der Waals surface area contributed by atoms with Gasteiger partial charge >= 0.3 is 6.36 Å². The molecule has 1 aromatic carbocycles. The lowest BCUT2D eigenvalue weighted by Gasteiger charge is -2.26. The van der Waals surface area contributed by atoms with Crippen molar-refractivity contribution in [2.24, 2.45) is 5.92 Å². The van der Waals surface area contributed by atoms with E-state index in [2.05, 4.69) is 17.0 Å². The summed E-state index contributed by atoms with van der Waals surface area (Å²) in [4.78, 5) is 0. The minimum Gasteiger partial charge on any atom is -0.406 e. The number of alkyl halides is 3. The predicted molar refractivity (Wildman–Crippen MR) is 82.2 cm³/mol. The van der Waals surface area contributed by atoms with Gasteiger partial charge in [-0.1, -0.05) is 19.1 Å². The highest BCUT2D eigenvalue weighted by Crippen LogP contribution is 2.24. The topological polar surface area (TPSA) is 30.5 Å². The summed E-state index contributed by atoms with van der Waals surface area (Å²) in [6, 6.07) is 6.35. The standard InChI is InChI=1S/C17H24F3NO2/c1-13-2-6-15(7-3-13)21-10-11-22-12-14-4-8-16(9-5-14)23-17(18,19)20/h4-5,8-9,13,15,21H,2-3,6-7,10-12H2,1H3. The van der Waals surface area contributed by atoms with Gasteiger partial charge in [0, 0.05) is 12.6 Å². The largest absolute Gasteiger partial charge is 0.573 e. The fraction of sp³-hybridized carbons (Fsp3) is 0.647. The average Bonchev–Trinajstić information content (AvgIpc) is 2.49. The van der Waals surface area contributed by atoms with Gasteiger partial charge in [-0.3, -0.25) is 0 Å². The Morgan fingerprint density at radius 2 is 1.74 bits per heavy atom. The van der Waals surface area contributed by atoms with Crippen LogP contribution in [0.5, 0.6) is 5.75 Å². The van der Waals surface area contributed by atoms with Crippen molar-refractivity contribution in [3.05, 3.63) is 29.8 Å². The van der Waals surface area contributed by atoms with Crippen molar-refractivity contribution >= 4 is 0 Å². The van der Waals surface area contributed by atoms with E-state index >= 15 is 0 Å². The maximum Gasteiger partial charge on any atom is 0.573 e. The molecule has 1 aliphatic carbocycles. The van der Waals surface area contributed by atoms with Gasteiger partial charge < -0.3 is 14.8 Å². The van der Waals surface area contributed by atoms with Crippen molar-refractivity contribution in [2.45, 2.75) is 51.6 Å². The van der Waals surface area contributed by atoms with Crippen LogP contribution in [-0.2, 0) is 11.3 Å². The molecule has 3 nitrogen and oxygen atoms in total. The molecular formula is C17H24F3NO2. The Hall–Kier alpha value is -1.27. The molecule has 0 bridgehead atoms. The summed E-state index contributed by atoms with van der Waals surface area (Å²) in [5.74, 6) is 0.628. The molecule has 1 fully saturated rings. The Morgan fingerprint density at radius 3 is 2.35 bits per heavy atom. The minimum absolute atomic E-state index is 0.213. The van der Waals surface area contributed by atoms with Gasteiger partial charge in [0.15, 0.2) is 0 Å². The molecule has 1 N–H and O–H groups in total. The summed E-state index contributed by atoms with van der Waals surface area (Å²) in [5, 5.41) is 3.49. The molecule has 2 rings (SSSR count). The fourth-order valence-corrected chi connectivity index (χ4v) is 2.78. The molecular weight excluding hydrogens is 307 g/mol. The minimum atomic E-state index is -4.65. The second-order valence-electron chi connectivity index (χ2n) is 6.16. The quantitative estimate of drug-likeness (QED) is 0.757. The van der Waals surface area contributed by atoms with Crippen LogP contribution in [0.3, 0.4) is 0 Å². The first kappa shape index (κ1) is 18.1. The Morgan fingerprint density at radius 1 is 1.09 bits per heavy atom. The highest BCUT2D eigenvalue weighted by atomic mass is 19.4. The SMILES string of the molecule is CC1CCC(NCCOCc2ccc(OC(F)(F)F)cc2)CC1. The van der Waals surface area contributed by atoms with Gasteiger partial charge in [0.2, 0.25) is 0 Å². The van der Waals surface area contributed by atoms with Crippen LogP contribution in [-0.4, -0.2) is 25.6 Å². The van der Waals surface area contributed by atoms with Crippen molar-refractivity contribution in [1.29, 1.82) is 0 Å². The van der Waals surface area contributed by atoms with Gasteiger partial charge in [-0.2, -0.15) is 0 Å².